The summed E-state index contributed by atoms with van der Waals surface area (Å²) in [6.07, 6.45) is 2.21. The van der Waals surface area contributed by atoms with Crippen molar-refractivity contribution in [1.82, 2.24) is 0 Å². The first kappa shape index (κ1) is 14.7. The van der Waals surface area contributed by atoms with E-state index < -0.39 is 5.41 Å². The third-order valence-corrected chi connectivity index (χ3v) is 4.25. The standard InChI is InChI=1S/C13H21BrO3/c1-5-17-11(16)13(4)9(12(2,3)14)7-6-8-10(13)15/h9H,5-8H2,1-4H3/t9-,13-/m1/s1. The normalized spacial score (nSPS) is 30.2. The van der Waals surface area contributed by atoms with Crippen LogP contribution in [0.15, 0.2) is 0 Å². The first-order valence-corrected chi connectivity index (χ1v) is 6.93. The van der Waals surface area contributed by atoms with Crippen molar-refractivity contribution in [2.45, 2.75) is 51.3 Å². The van der Waals surface area contributed by atoms with Gasteiger partial charge in [0.25, 0.3) is 0 Å². The molecule has 0 aromatic heterocycles. The summed E-state index contributed by atoms with van der Waals surface area (Å²) in [5, 5.41) is 0. The van der Waals surface area contributed by atoms with Gasteiger partial charge in [0.05, 0.1) is 6.61 Å². The van der Waals surface area contributed by atoms with Crippen molar-refractivity contribution in [2.24, 2.45) is 11.3 Å². The lowest BCUT2D eigenvalue weighted by molar-refractivity contribution is -0.165. The summed E-state index contributed by atoms with van der Waals surface area (Å²) < 4.78 is 4.85. The van der Waals surface area contributed by atoms with E-state index in [0.29, 0.717) is 13.0 Å². The molecule has 0 aromatic rings. The second-order valence-corrected chi connectivity index (χ2v) is 7.40. The van der Waals surface area contributed by atoms with Crippen LogP contribution in [0.1, 0.15) is 47.0 Å². The van der Waals surface area contributed by atoms with Gasteiger partial charge in [-0.15, -0.1) is 0 Å². The molecule has 0 radical (unpaired) electrons. The molecular formula is C13H21BrO3. The van der Waals surface area contributed by atoms with Crippen LogP contribution in [0.2, 0.25) is 0 Å². The van der Waals surface area contributed by atoms with E-state index in [1.807, 2.05) is 13.8 Å². The highest BCUT2D eigenvalue weighted by atomic mass is 79.9. The van der Waals surface area contributed by atoms with Crippen molar-refractivity contribution in [3.05, 3.63) is 0 Å². The second-order valence-electron chi connectivity index (χ2n) is 5.36. The second kappa shape index (κ2) is 5.09. The van der Waals surface area contributed by atoms with Crippen molar-refractivity contribution in [2.75, 3.05) is 6.61 Å². The fourth-order valence-electron chi connectivity index (χ4n) is 2.78. The number of esters is 1. The number of ether oxygens (including phenoxy) is 1. The number of hydrogen-bond acceptors (Lipinski definition) is 3. The number of halogens is 1. The number of carbonyl (C=O) groups excluding carboxylic acids is 2. The third kappa shape index (κ3) is 2.72. The van der Waals surface area contributed by atoms with Gasteiger partial charge in [0.15, 0.2) is 0 Å². The Labute approximate surface area is 111 Å². The van der Waals surface area contributed by atoms with E-state index in [2.05, 4.69) is 15.9 Å². The Hall–Kier alpha value is -0.380. The first-order chi connectivity index (χ1) is 7.74. The highest BCUT2D eigenvalue weighted by Gasteiger charge is 2.54. The topological polar surface area (TPSA) is 43.4 Å². The predicted octanol–water partition coefficient (Wildman–Crippen LogP) is 3.10. The van der Waals surface area contributed by atoms with Crippen LogP contribution >= 0.6 is 15.9 Å². The highest BCUT2D eigenvalue weighted by Crippen LogP contribution is 2.48. The van der Waals surface area contributed by atoms with E-state index in [0.717, 1.165) is 12.8 Å². The van der Waals surface area contributed by atoms with Gasteiger partial charge in [-0.3, -0.25) is 9.59 Å². The van der Waals surface area contributed by atoms with Crippen LogP contribution in [0.5, 0.6) is 0 Å². The van der Waals surface area contributed by atoms with Crippen LogP contribution in [-0.2, 0) is 14.3 Å². The number of hydrogen-bond donors (Lipinski definition) is 0. The summed E-state index contributed by atoms with van der Waals surface area (Å²) in [4.78, 5) is 24.3. The molecule has 17 heavy (non-hydrogen) atoms. The summed E-state index contributed by atoms with van der Waals surface area (Å²) >= 11 is 3.60. The Morgan fingerprint density at radius 3 is 2.65 bits per heavy atom. The third-order valence-electron chi connectivity index (χ3n) is 3.70. The maximum absolute atomic E-state index is 12.2. The zero-order chi connectivity index (χ0) is 13.3. The molecule has 2 atom stereocenters. The van der Waals surface area contributed by atoms with Crippen molar-refractivity contribution in [3.63, 3.8) is 0 Å². The van der Waals surface area contributed by atoms with Crippen LogP contribution in [0.25, 0.3) is 0 Å². The average molecular weight is 305 g/mol. The van der Waals surface area contributed by atoms with E-state index >= 15 is 0 Å². The molecule has 1 aliphatic rings. The van der Waals surface area contributed by atoms with E-state index in [4.69, 9.17) is 4.74 Å². The Balaban J connectivity index is 3.10. The van der Waals surface area contributed by atoms with Crippen molar-refractivity contribution >= 4 is 27.7 Å². The molecule has 1 aliphatic carbocycles. The lowest BCUT2D eigenvalue weighted by Crippen LogP contribution is -2.52. The minimum atomic E-state index is -0.999. The number of Topliss-reactive ketones (excluding diaryl/α,β-unsaturated/α-hetero) is 1. The van der Waals surface area contributed by atoms with Crippen LogP contribution < -0.4 is 0 Å². The van der Waals surface area contributed by atoms with Crippen LogP contribution in [0.4, 0.5) is 0 Å². The molecule has 1 rings (SSSR count). The molecule has 0 aliphatic heterocycles. The largest absolute Gasteiger partial charge is 0.465 e. The maximum atomic E-state index is 12.2. The van der Waals surface area contributed by atoms with Crippen molar-refractivity contribution in [3.8, 4) is 0 Å². The SMILES string of the molecule is CCOC(=O)[C@@]1(C)C(=O)CCC[C@@H]1C(C)(C)Br. The zero-order valence-corrected chi connectivity index (χ0v) is 12.6. The Morgan fingerprint density at radius 1 is 1.59 bits per heavy atom. The van der Waals surface area contributed by atoms with E-state index in [1.165, 1.54) is 0 Å². The molecular weight excluding hydrogens is 284 g/mol. The van der Waals surface area contributed by atoms with Gasteiger partial charge in [-0.2, -0.15) is 0 Å². The number of carbonyl (C=O) groups is 2. The van der Waals surface area contributed by atoms with E-state index in [9.17, 15) is 9.59 Å². The monoisotopic (exact) mass is 304 g/mol. The predicted molar refractivity (Wildman–Crippen MR) is 70.1 cm³/mol. The number of ketones is 1. The maximum Gasteiger partial charge on any atom is 0.319 e. The van der Waals surface area contributed by atoms with Gasteiger partial charge < -0.3 is 4.74 Å². The molecule has 0 saturated heterocycles. The van der Waals surface area contributed by atoms with Gasteiger partial charge in [-0.1, -0.05) is 15.9 Å². The molecule has 0 N–H and O–H groups in total. The number of alkyl halides is 1. The molecule has 0 heterocycles. The van der Waals surface area contributed by atoms with Crippen LogP contribution in [0.3, 0.4) is 0 Å². The minimum Gasteiger partial charge on any atom is -0.465 e. The van der Waals surface area contributed by atoms with E-state index in [-0.39, 0.29) is 22.0 Å². The molecule has 0 bridgehead atoms. The van der Waals surface area contributed by atoms with Gasteiger partial charge in [-0.05, 0) is 46.5 Å². The average Bonchev–Trinajstić information content (AvgIpc) is 2.20. The summed E-state index contributed by atoms with van der Waals surface area (Å²) in [5.74, 6) is -0.378. The number of rotatable bonds is 3. The minimum absolute atomic E-state index is 0.0136. The smallest absolute Gasteiger partial charge is 0.319 e. The molecule has 0 spiro atoms. The Morgan fingerprint density at radius 2 is 2.18 bits per heavy atom. The molecule has 0 amide bonds. The first-order valence-electron chi connectivity index (χ1n) is 6.14. The van der Waals surface area contributed by atoms with Crippen molar-refractivity contribution in [1.29, 1.82) is 0 Å². The van der Waals surface area contributed by atoms with Crippen LogP contribution in [-0.4, -0.2) is 22.7 Å². The van der Waals surface area contributed by atoms with Gasteiger partial charge in [0.1, 0.15) is 11.2 Å². The Bertz CT molecular complexity index is 319. The van der Waals surface area contributed by atoms with Gasteiger partial charge in [0.2, 0.25) is 0 Å². The molecule has 1 saturated carbocycles. The Kier molecular flexibility index (Phi) is 4.39. The fraction of sp³-hybridized carbons (Fsp3) is 0.846. The van der Waals surface area contributed by atoms with Gasteiger partial charge in [-0.25, -0.2) is 0 Å². The molecule has 3 nitrogen and oxygen atoms in total. The van der Waals surface area contributed by atoms with Gasteiger partial charge >= 0.3 is 5.97 Å². The molecule has 0 unspecified atom stereocenters. The summed E-state index contributed by atoms with van der Waals surface area (Å²) in [5.41, 5.74) is -0.999. The zero-order valence-electron chi connectivity index (χ0n) is 11.0. The lowest BCUT2D eigenvalue weighted by atomic mass is 9.62. The van der Waals surface area contributed by atoms with Gasteiger partial charge in [0, 0.05) is 10.7 Å². The van der Waals surface area contributed by atoms with Crippen LogP contribution in [0, 0.1) is 11.3 Å². The quantitative estimate of drug-likeness (QED) is 0.457. The molecule has 4 heteroatoms. The lowest BCUT2D eigenvalue weighted by Gasteiger charge is -2.43. The molecule has 0 aromatic carbocycles. The summed E-state index contributed by atoms with van der Waals surface area (Å²) in [7, 11) is 0. The highest BCUT2D eigenvalue weighted by molar-refractivity contribution is 9.10. The summed E-state index contributed by atoms with van der Waals surface area (Å²) in [6.45, 7) is 7.83. The van der Waals surface area contributed by atoms with Crippen molar-refractivity contribution < 1.29 is 14.3 Å². The fourth-order valence-corrected chi connectivity index (χ4v) is 3.46. The molecule has 1 fully saturated rings. The molecule has 98 valence electrons. The van der Waals surface area contributed by atoms with E-state index in [1.54, 1.807) is 13.8 Å². The summed E-state index contributed by atoms with van der Waals surface area (Å²) in [6, 6.07) is 0.